The molecule has 0 aromatic heterocycles. The minimum atomic E-state index is -3.61. The number of phenols is 2. The SMILES string of the molecule is CCS(=O)(=O)c1ccc(O)c(N=Nc2c(O)ccc3cccc(NS(C)(=O)=O)c23)c1. The van der Waals surface area contributed by atoms with Crippen LogP contribution in [0.2, 0.25) is 0 Å². The lowest BCUT2D eigenvalue weighted by molar-refractivity contribution is 0.474. The highest BCUT2D eigenvalue weighted by Gasteiger charge is 2.16. The van der Waals surface area contributed by atoms with Gasteiger partial charge in [-0.1, -0.05) is 25.1 Å². The van der Waals surface area contributed by atoms with Crippen LogP contribution in [0.1, 0.15) is 6.92 Å². The molecule has 0 heterocycles. The zero-order chi connectivity index (χ0) is 22.1. The molecule has 0 spiro atoms. The summed E-state index contributed by atoms with van der Waals surface area (Å²) in [6.45, 7) is 1.49. The number of anilines is 1. The summed E-state index contributed by atoms with van der Waals surface area (Å²) in [4.78, 5) is -0.0293. The maximum absolute atomic E-state index is 12.1. The number of sulfone groups is 1. The van der Waals surface area contributed by atoms with Crippen LogP contribution in [0.3, 0.4) is 0 Å². The molecule has 0 aliphatic carbocycles. The molecule has 0 aliphatic heterocycles. The Labute approximate surface area is 173 Å². The molecule has 158 valence electrons. The van der Waals surface area contributed by atoms with Crippen molar-refractivity contribution in [3.63, 3.8) is 0 Å². The van der Waals surface area contributed by atoms with Crippen LogP contribution in [0.4, 0.5) is 17.1 Å². The molecule has 30 heavy (non-hydrogen) atoms. The van der Waals surface area contributed by atoms with E-state index in [1.165, 1.54) is 37.3 Å². The van der Waals surface area contributed by atoms with E-state index < -0.39 is 19.9 Å². The van der Waals surface area contributed by atoms with Crippen molar-refractivity contribution in [1.29, 1.82) is 0 Å². The van der Waals surface area contributed by atoms with Gasteiger partial charge in [-0.05, 0) is 35.7 Å². The number of sulfonamides is 1. The Morgan fingerprint density at radius 1 is 0.933 bits per heavy atom. The van der Waals surface area contributed by atoms with Crippen molar-refractivity contribution < 1.29 is 27.0 Å². The highest BCUT2D eigenvalue weighted by Crippen LogP contribution is 2.41. The number of azo groups is 1. The molecule has 3 aromatic rings. The van der Waals surface area contributed by atoms with Crippen molar-refractivity contribution in [2.45, 2.75) is 11.8 Å². The first-order valence-electron chi connectivity index (χ1n) is 8.72. The van der Waals surface area contributed by atoms with Gasteiger partial charge in [0.25, 0.3) is 0 Å². The Morgan fingerprint density at radius 3 is 2.30 bits per heavy atom. The van der Waals surface area contributed by atoms with Gasteiger partial charge < -0.3 is 10.2 Å². The molecule has 0 atom stereocenters. The Hall–Kier alpha value is -3.18. The third kappa shape index (κ3) is 4.52. The van der Waals surface area contributed by atoms with E-state index in [-0.39, 0.29) is 39.2 Å². The van der Waals surface area contributed by atoms with Crippen molar-refractivity contribution in [2.24, 2.45) is 10.2 Å². The smallest absolute Gasteiger partial charge is 0.229 e. The van der Waals surface area contributed by atoms with Crippen LogP contribution in [0.5, 0.6) is 11.5 Å². The maximum atomic E-state index is 12.1. The topological polar surface area (TPSA) is 145 Å². The van der Waals surface area contributed by atoms with Gasteiger partial charge >= 0.3 is 0 Å². The highest BCUT2D eigenvalue weighted by molar-refractivity contribution is 7.92. The monoisotopic (exact) mass is 449 g/mol. The molecule has 11 heteroatoms. The van der Waals surface area contributed by atoms with E-state index in [0.29, 0.717) is 10.8 Å². The summed E-state index contributed by atoms with van der Waals surface area (Å²) in [7, 11) is -7.14. The van der Waals surface area contributed by atoms with E-state index in [2.05, 4.69) is 15.0 Å². The first-order valence-corrected chi connectivity index (χ1v) is 12.3. The molecule has 0 unspecified atom stereocenters. The number of benzene rings is 3. The van der Waals surface area contributed by atoms with E-state index in [1.54, 1.807) is 18.2 Å². The average Bonchev–Trinajstić information content (AvgIpc) is 2.67. The van der Waals surface area contributed by atoms with E-state index in [9.17, 15) is 27.0 Å². The van der Waals surface area contributed by atoms with Gasteiger partial charge in [0.15, 0.2) is 9.84 Å². The molecule has 0 radical (unpaired) electrons. The second-order valence-corrected chi connectivity index (χ2v) is 10.5. The zero-order valence-electron chi connectivity index (χ0n) is 16.1. The number of hydrogen-bond acceptors (Lipinski definition) is 8. The Balaban J connectivity index is 2.18. The highest BCUT2D eigenvalue weighted by atomic mass is 32.2. The summed E-state index contributed by atoms with van der Waals surface area (Å²) in [6, 6.07) is 11.4. The molecular weight excluding hydrogens is 430 g/mol. The fourth-order valence-electron chi connectivity index (χ4n) is 2.78. The summed E-state index contributed by atoms with van der Waals surface area (Å²) in [6.07, 6.45) is 0.994. The largest absolute Gasteiger partial charge is 0.506 e. The molecule has 0 fully saturated rings. The lowest BCUT2D eigenvalue weighted by Crippen LogP contribution is -2.09. The Bertz CT molecular complexity index is 1370. The summed E-state index contributed by atoms with van der Waals surface area (Å²) in [5, 5.41) is 29.1. The van der Waals surface area contributed by atoms with Crippen LogP contribution in [0.15, 0.2) is 63.7 Å². The van der Waals surface area contributed by atoms with Gasteiger partial charge in [-0.3, -0.25) is 4.72 Å². The minimum absolute atomic E-state index is 0.0293. The molecular formula is C19H19N3O6S2. The average molecular weight is 450 g/mol. The van der Waals surface area contributed by atoms with Crippen LogP contribution < -0.4 is 4.72 Å². The van der Waals surface area contributed by atoms with Gasteiger partial charge in [-0.2, -0.15) is 0 Å². The fourth-order valence-corrected chi connectivity index (χ4v) is 4.25. The number of rotatable bonds is 6. The van der Waals surface area contributed by atoms with Gasteiger partial charge in [-0.15, -0.1) is 10.2 Å². The number of fused-ring (bicyclic) bond motifs is 1. The standard InChI is InChI=1S/C19H19N3O6S2/c1-3-30(27,28)13-8-10-16(23)15(11-13)20-21-19-17(24)9-7-12-5-4-6-14(18(12)19)22-29(2,25)26/h4-11,22-24H,3H2,1-2H3. The van der Waals surface area contributed by atoms with E-state index in [0.717, 1.165) is 6.26 Å². The van der Waals surface area contributed by atoms with Crippen molar-refractivity contribution in [3.8, 4) is 11.5 Å². The van der Waals surface area contributed by atoms with Crippen molar-refractivity contribution in [3.05, 3.63) is 48.5 Å². The van der Waals surface area contributed by atoms with Gasteiger partial charge in [0.2, 0.25) is 10.0 Å². The van der Waals surface area contributed by atoms with E-state index in [4.69, 9.17) is 0 Å². The Morgan fingerprint density at radius 2 is 1.63 bits per heavy atom. The Kier molecular flexibility index (Phi) is 5.68. The number of hydrogen-bond donors (Lipinski definition) is 3. The summed E-state index contributed by atoms with van der Waals surface area (Å²) >= 11 is 0. The van der Waals surface area contributed by atoms with E-state index >= 15 is 0 Å². The molecule has 0 saturated heterocycles. The predicted octanol–water partition coefficient (Wildman–Crippen LogP) is 3.83. The molecule has 3 N–H and O–H groups in total. The summed E-state index contributed by atoms with van der Waals surface area (Å²) in [5.41, 5.74) is 0.0308. The number of aromatic hydroxyl groups is 2. The predicted molar refractivity (Wildman–Crippen MR) is 114 cm³/mol. The van der Waals surface area contributed by atoms with Gasteiger partial charge in [0, 0.05) is 5.39 Å². The third-order valence-electron chi connectivity index (χ3n) is 4.24. The summed E-state index contributed by atoms with van der Waals surface area (Å²) < 4.78 is 50.0. The molecule has 0 amide bonds. The normalized spacial score (nSPS) is 12.5. The quantitative estimate of drug-likeness (QED) is 0.488. The molecule has 3 rings (SSSR count). The number of phenolic OH excluding ortho intramolecular Hbond substituents is 2. The fraction of sp³-hybridized carbons (Fsp3) is 0.158. The maximum Gasteiger partial charge on any atom is 0.229 e. The molecule has 0 saturated carbocycles. The van der Waals surface area contributed by atoms with Crippen LogP contribution in [-0.4, -0.2) is 39.1 Å². The van der Waals surface area contributed by atoms with Gasteiger partial charge in [-0.25, -0.2) is 16.8 Å². The molecule has 3 aromatic carbocycles. The molecule has 0 aliphatic rings. The number of nitrogens with one attached hydrogen (secondary N) is 1. The van der Waals surface area contributed by atoms with Crippen LogP contribution in [0.25, 0.3) is 10.8 Å². The number of nitrogens with zero attached hydrogens (tertiary/aromatic N) is 2. The lowest BCUT2D eigenvalue weighted by Gasteiger charge is -2.11. The van der Waals surface area contributed by atoms with Gasteiger partial charge in [0.1, 0.15) is 22.9 Å². The van der Waals surface area contributed by atoms with Crippen LogP contribution in [-0.2, 0) is 19.9 Å². The van der Waals surface area contributed by atoms with E-state index in [1.807, 2.05) is 0 Å². The zero-order valence-corrected chi connectivity index (χ0v) is 17.7. The lowest BCUT2D eigenvalue weighted by atomic mass is 10.1. The first-order chi connectivity index (χ1) is 14.0. The van der Waals surface area contributed by atoms with Crippen LogP contribution in [0, 0.1) is 0 Å². The second kappa shape index (κ2) is 7.92. The minimum Gasteiger partial charge on any atom is -0.506 e. The second-order valence-electron chi connectivity index (χ2n) is 6.47. The molecule has 0 bridgehead atoms. The summed E-state index contributed by atoms with van der Waals surface area (Å²) in [5.74, 6) is -0.701. The third-order valence-corrected chi connectivity index (χ3v) is 6.56. The molecule has 9 nitrogen and oxygen atoms in total. The first kappa shape index (κ1) is 21.5. The van der Waals surface area contributed by atoms with Crippen molar-refractivity contribution in [2.75, 3.05) is 16.7 Å². The van der Waals surface area contributed by atoms with Crippen molar-refractivity contribution >= 4 is 47.7 Å². The van der Waals surface area contributed by atoms with Crippen molar-refractivity contribution in [1.82, 2.24) is 0 Å². The van der Waals surface area contributed by atoms with Gasteiger partial charge in [0.05, 0.1) is 22.6 Å². The van der Waals surface area contributed by atoms with Crippen LogP contribution >= 0.6 is 0 Å².